The van der Waals surface area contributed by atoms with Crippen LogP contribution in [0.2, 0.25) is 0 Å². The Bertz CT molecular complexity index is 1440. The molecule has 0 spiro atoms. The maximum Gasteiger partial charge on any atom is 0.289 e. The van der Waals surface area contributed by atoms with Gasteiger partial charge in [0.1, 0.15) is 11.6 Å². The van der Waals surface area contributed by atoms with Crippen molar-refractivity contribution in [2.75, 3.05) is 26.2 Å². The molecule has 0 unspecified atom stereocenters. The van der Waals surface area contributed by atoms with E-state index in [0.717, 1.165) is 70.5 Å². The second-order valence-electron chi connectivity index (χ2n) is 10.4. The average Bonchev–Trinajstić information content (AvgIpc) is 3.60. The van der Waals surface area contributed by atoms with Gasteiger partial charge in [0, 0.05) is 73.9 Å². The van der Waals surface area contributed by atoms with Gasteiger partial charge in [0.15, 0.2) is 0 Å². The van der Waals surface area contributed by atoms with Crippen LogP contribution in [0.1, 0.15) is 63.3 Å². The van der Waals surface area contributed by atoms with Crippen molar-refractivity contribution < 1.29 is 9.59 Å². The smallest absolute Gasteiger partial charge is 0.289 e. The lowest BCUT2D eigenvalue weighted by molar-refractivity contribution is 0.227. The predicted octanol–water partition coefficient (Wildman–Crippen LogP) is 7.14. The molecule has 0 aliphatic heterocycles. The summed E-state index contributed by atoms with van der Waals surface area (Å²) in [7, 11) is 0. The van der Waals surface area contributed by atoms with E-state index in [0.29, 0.717) is 49.3 Å². The van der Waals surface area contributed by atoms with Crippen molar-refractivity contribution in [1.82, 2.24) is 39.3 Å². The van der Waals surface area contributed by atoms with Gasteiger partial charge in [-0.05, 0) is 89.8 Å². The third kappa shape index (κ3) is 8.09. The molecule has 2 aromatic heterocycles. The fraction of sp³-hybridized carbons (Fsp3) is 0.438. The zero-order valence-corrected chi connectivity index (χ0v) is 28.1. The number of aromatic nitrogens is 6. The Morgan fingerprint density at radius 3 is 1.36 bits per heavy atom. The first kappa shape index (κ1) is 33.3. The van der Waals surface area contributed by atoms with Gasteiger partial charge in [-0.15, -0.1) is 20.4 Å². The number of carbonyl (C=O) groups excluding carboxylic acids is 2. The molecule has 10 nitrogen and oxygen atoms in total. The SMILES string of the molecule is CCN(CC)C(=O)Sc1nnc(CCCCc2nnc(SC(=O)N(CC)CC)n2-c2cccc(C)c2)n1-c1cccc(C)c1. The van der Waals surface area contributed by atoms with E-state index in [4.69, 9.17) is 0 Å². The lowest BCUT2D eigenvalue weighted by Gasteiger charge is -2.18. The summed E-state index contributed by atoms with van der Waals surface area (Å²) in [5.74, 6) is 1.62. The number of nitrogens with zero attached hydrogens (tertiary/aromatic N) is 8. The van der Waals surface area contributed by atoms with E-state index in [9.17, 15) is 9.59 Å². The summed E-state index contributed by atoms with van der Waals surface area (Å²) < 4.78 is 4.00. The molecule has 0 radical (unpaired) electrons. The van der Waals surface area contributed by atoms with Crippen molar-refractivity contribution in [2.24, 2.45) is 0 Å². The van der Waals surface area contributed by atoms with Gasteiger partial charge < -0.3 is 9.80 Å². The minimum Gasteiger partial charge on any atom is -0.334 e. The lowest BCUT2D eigenvalue weighted by Crippen LogP contribution is -2.27. The molecule has 0 atom stereocenters. The van der Waals surface area contributed by atoms with Crippen LogP contribution in [0.5, 0.6) is 0 Å². The molecule has 44 heavy (non-hydrogen) atoms. The standard InChI is InChI=1S/C32H42N8O2S2/c1-7-37(8-2)31(41)43-29-35-33-27(39(29)25-17-13-15-23(5)21-25)19-11-12-20-28-34-36-30(44-32(42)38(9-3)10-4)40(28)26-18-14-16-24(6)22-26/h13-18,21-22H,7-12,19-20H2,1-6H3. The van der Waals surface area contributed by atoms with Gasteiger partial charge >= 0.3 is 0 Å². The largest absolute Gasteiger partial charge is 0.334 e. The van der Waals surface area contributed by atoms with Crippen LogP contribution in [0.25, 0.3) is 11.4 Å². The van der Waals surface area contributed by atoms with Crippen LogP contribution in [0.4, 0.5) is 9.59 Å². The van der Waals surface area contributed by atoms with Gasteiger partial charge in [-0.3, -0.25) is 18.7 Å². The number of hydrogen-bond donors (Lipinski definition) is 0. The quantitative estimate of drug-likeness (QED) is 0.113. The highest BCUT2D eigenvalue weighted by Crippen LogP contribution is 2.28. The molecule has 2 amide bonds. The van der Waals surface area contributed by atoms with Crippen LogP contribution in [0.15, 0.2) is 58.8 Å². The summed E-state index contributed by atoms with van der Waals surface area (Å²) in [5.41, 5.74) is 4.13. The Hall–Kier alpha value is -3.64. The molecular weight excluding hydrogens is 593 g/mol. The second-order valence-corrected chi connectivity index (χ2v) is 12.3. The first-order chi connectivity index (χ1) is 21.3. The number of amides is 2. The third-order valence-corrected chi connectivity index (χ3v) is 9.13. The van der Waals surface area contributed by atoms with Gasteiger partial charge in [0.2, 0.25) is 10.3 Å². The topological polar surface area (TPSA) is 102 Å². The van der Waals surface area contributed by atoms with Gasteiger partial charge in [0.05, 0.1) is 0 Å². The summed E-state index contributed by atoms with van der Waals surface area (Å²) in [6, 6.07) is 16.3. The first-order valence-corrected chi connectivity index (χ1v) is 16.9. The monoisotopic (exact) mass is 634 g/mol. The highest BCUT2D eigenvalue weighted by Gasteiger charge is 2.22. The maximum atomic E-state index is 12.9. The van der Waals surface area contributed by atoms with E-state index in [1.807, 2.05) is 87.1 Å². The summed E-state index contributed by atoms with van der Waals surface area (Å²) in [6.45, 7) is 14.6. The molecule has 0 aliphatic carbocycles. The number of thioether (sulfide) groups is 2. The zero-order chi connectivity index (χ0) is 31.6. The Morgan fingerprint density at radius 1 is 0.636 bits per heavy atom. The van der Waals surface area contributed by atoms with Crippen LogP contribution < -0.4 is 0 Å². The van der Waals surface area contributed by atoms with Crippen molar-refractivity contribution in [3.63, 3.8) is 0 Å². The number of unbranched alkanes of at least 4 members (excludes halogenated alkanes) is 1. The molecule has 0 bridgehead atoms. The fourth-order valence-corrected chi connectivity index (χ4v) is 6.78. The molecular formula is C32H42N8O2S2. The van der Waals surface area contributed by atoms with Crippen LogP contribution in [0.3, 0.4) is 0 Å². The summed E-state index contributed by atoms with van der Waals surface area (Å²) in [6.07, 6.45) is 3.03. The molecule has 0 aliphatic rings. The second kappa shape index (κ2) is 15.9. The highest BCUT2D eigenvalue weighted by atomic mass is 32.2. The Labute approximate surface area is 268 Å². The molecule has 0 fully saturated rings. The van der Waals surface area contributed by atoms with Crippen LogP contribution in [-0.4, -0.2) is 76.0 Å². The number of aryl methyl sites for hydroxylation is 4. The lowest BCUT2D eigenvalue weighted by atomic mass is 10.1. The summed E-state index contributed by atoms with van der Waals surface area (Å²) in [4.78, 5) is 29.4. The Balaban J connectivity index is 1.53. The van der Waals surface area contributed by atoms with Gasteiger partial charge in [-0.2, -0.15) is 0 Å². The van der Waals surface area contributed by atoms with Crippen LogP contribution in [-0.2, 0) is 12.8 Å². The van der Waals surface area contributed by atoms with Crippen molar-refractivity contribution >= 4 is 34.0 Å². The third-order valence-electron chi connectivity index (χ3n) is 7.37. The van der Waals surface area contributed by atoms with Crippen LogP contribution >= 0.6 is 23.5 Å². The molecule has 0 saturated heterocycles. The van der Waals surface area contributed by atoms with Gasteiger partial charge in [0.25, 0.3) is 10.5 Å². The normalized spacial score (nSPS) is 11.1. The van der Waals surface area contributed by atoms with Gasteiger partial charge in [-0.25, -0.2) is 0 Å². The van der Waals surface area contributed by atoms with E-state index < -0.39 is 0 Å². The Kier molecular flexibility index (Phi) is 12.0. The molecule has 0 saturated carbocycles. The molecule has 2 aromatic carbocycles. The van der Waals surface area contributed by atoms with E-state index in [1.165, 1.54) is 0 Å². The highest BCUT2D eigenvalue weighted by molar-refractivity contribution is 8.13. The van der Waals surface area contributed by atoms with E-state index in [2.05, 4.69) is 32.5 Å². The summed E-state index contributed by atoms with van der Waals surface area (Å²) >= 11 is 2.24. The minimum atomic E-state index is -0.0357. The van der Waals surface area contributed by atoms with E-state index >= 15 is 0 Å². The number of rotatable bonds is 13. The van der Waals surface area contributed by atoms with Crippen molar-refractivity contribution in [3.8, 4) is 11.4 Å². The van der Waals surface area contributed by atoms with Crippen LogP contribution in [0, 0.1) is 13.8 Å². The minimum absolute atomic E-state index is 0.0357. The number of hydrogen-bond acceptors (Lipinski definition) is 8. The average molecular weight is 635 g/mol. The first-order valence-electron chi connectivity index (χ1n) is 15.3. The molecule has 0 N–H and O–H groups in total. The van der Waals surface area contributed by atoms with E-state index in [-0.39, 0.29) is 10.5 Å². The molecule has 234 valence electrons. The number of benzene rings is 2. The van der Waals surface area contributed by atoms with Crippen molar-refractivity contribution in [2.45, 2.75) is 77.5 Å². The Morgan fingerprint density at radius 2 is 1.02 bits per heavy atom. The molecule has 2 heterocycles. The molecule has 12 heteroatoms. The maximum absolute atomic E-state index is 12.9. The van der Waals surface area contributed by atoms with E-state index in [1.54, 1.807) is 9.80 Å². The van der Waals surface area contributed by atoms with Crippen molar-refractivity contribution in [3.05, 3.63) is 71.3 Å². The molecule has 4 aromatic rings. The van der Waals surface area contributed by atoms with Gasteiger partial charge in [-0.1, -0.05) is 24.3 Å². The number of carbonyl (C=O) groups is 2. The fourth-order valence-electron chi connectivity index (χ4n) is 4.92. The van der Waals surface area contributed by atoms with Crippen molar-refractivity contribution in [1.29, 1.82) is 0 Å². The molecule has 4 rings (SSSR count). The zero-order valence-electron chi connectivity index (χ0n) is 26.5. The predicted molar refractivity (Wildman–Crippen MR) is 177 cm³/mol. The summed E-state index contributed by atoms with van der Waals surface area (Å²) in [5, 5.41) is 19.0.